The van der Waals surface area contributed by atoms with Gasteiger partial charge in [-0.15, -0.1) is 0 Å². The van der Waals surface area contributed by atoms with E-state index in [1.165, 1.54) is 6.07 Å². The third-order valence-corrected chi connectivity index (χ3v) is 4.31. The third kappa shape index (κ3) is 5.27. The number of nitrogens with one attached hydrogen (secondary N) is 2. The molecule has 2 aromatic carbocycles. The summed E-state index contributed by atoms with van der Waals surface area (Å²) in [7, 11) is 0. The number of hydrogen-bond acceptors (Lipinski definition) is 4. The number of aryl methyl sites for hydroxylation is 1. The second-order valence-electron chi connectivity index (χ2n) is 5.15. The fourth-order valence-corrected chi connectivity index (χ4v) is 2.48. The Morgan fingerprint density at radius 1 is 1.24 bits per heavy atom. The van der Waals surface area contributed by atoms with Crippen LogP contribution in [-0.2, 0) is 4.79 Å². The summed E-state index contributed by atoms with van der Waals surface area (Å²) >= 11 is 9.13. The zero-order chi connectivity index (χ0) is 18.6. The van der Waals surface area contributed by atoms with Crippen molar-refractivity contribution in [2.45, 2.75) is 6.92 Å². The van der Waals surface area contributed by atoms with Crippen LogP contribution in [0.1, 0.15) is 15.9 Å². The van der Waals surface area contributed by atoms with Gasteiger partial charge >= 0.3 is 0 Å². The minimum Gasteiger partial charge on any atom is -0.343 e. The molecule has 0 saturated heterocycles. The molecule has 0 aliphatic heterocycles. The van der Waals surface area contributed by atoms with Gasteiger partial charge < -0.3 is 10.6 Å². The third-order valence-electron chi connectivity index (χ3n) is 3.21. The highest BCUT2D eigenvalue weighted by Crippen LogP contribution is 2.21. The summed E-state index contributed by atoms with van der Waals surface area (Å²) in [5.41, 5.74) is 1.25. The molecule has 0 fully saturated rings. The average Bonchev–Trinajstić information content (AvgIpc) is 2.55. The van der Waals surface area contributed by atoms with E-state index in [4.69, 9.17) is 11.6 Å². The van der Waals surface area contributed by atoms with Crippen molar-refractivity contribution < 1.29 is 14.5 Å². The highest BCUT2D eigenvalue weighted by atomic mass is 79.9. The number of rotatable bonds is 5. The van der Waals surface area contributed by atoms with Gasteiger partial charge in [-0.3, -0.25) is 19.7 Å². The minimum absolute atomic E-state index is 0.00601. The number of halogens is 2. The molecule has 0 aromatic heterocycles. The van der Waals surface area contributed by atoms with Crippen LogP contribution in [0.4, 0.5) is 11.4 Å². The fourth-order valence-electron chi connectivity index (χ4n) is 2.00. The van der Waals surface area contributed by atoms with Gasteiger partial charge in [-0.1, -0.05) is 27.5 Å². The number of nitrogens with zero attached hydrogens (tertiary/aromatic N) is 1. The highest BCUT2D eigenvalue weighted by molar-refractivity contribution is 9.10. The van der Waals surface area contributed by atoms with Gasteiger partial charge in [-0.2, -0.15) is 0 Å². The summed E-state index contributed by atoms with van der Waals surface area (Å²) in [6, 6.07) is 8.83. The quantitative estimate of drug-likeness (QED) is 0.562. The van der Waals surface area contributed by atoms with E-state index in [-0.39, 0.29) is 22.8 Å². The number of non-ortho nitro benzene ring substituents is 1. The van der Waals surface area contributed by atoms with Gasteiger partial charge in [-0.25, -0.2) is 0 Å². The average molecular weight is 427 g/mol. The topological polar surface area (TPSA) is 101 Å². The monoisotopic (exact) mass is 425 g/mol. The van der Waals surface area contributed by atoms with E-state index in [0.717, 1.165) is 22.2 Å². The van der Waals surface area contributed by atoms with Gasteiger partial charge in [0.05, 0.1) is 11.5 Å². The standard InChI is InChI=1S/C16H13BrClN3O4/c1-9-4-12(2-3-14(9)17)20-15(22)8-19-16(23)10-5-11(18)7-13(6-10)21(24)25/h2-7H,8H2,1H3,(H,19,23)(H,20,22). The summed E-state index contributed by atoms with van der Waals surface area (Å²) in [5.74, 6) is -1.06. The van der Waals surface area contributed by atoms with E-state index in [0.29, 0.717) is 5.69 Å². The molecule has 0 saturated carbocycles. The van der Waals surface area contributed by atoms with Crippen LogP contribution in [0.5, 0.6) is 0 Å². The summed E-state index contributed by atoms with van der Waals surface area (Å²) in [4.78, 5) is 34.1. The van der Waals surface area contributed by atoms with Crippen LogP contribution in [0.15, 0.2) is 40.9 Å². The maximum absolute atomic E-state index is 12.0. The van der Waals surface area contributed by atoms with Gasteiger partial charge in [0.25, 0.3) is 11.6 Å². The van der Waals surface area contributed by atoms with Crippen LogP contribution < -0.4 is 10.6 Å². The molecule has 2 N–H and O–H groups in total. The Balaban J connectivity index is 1.98. The van der Waals surface area contributed by atoms with Gasteiger partial charge in [0.1, 0.15) is 0 Å². The molecule has 130 valence electrons. The Morgan fingerprint density at radius 2 is 1.96 bits per heavy atom. The molecule has 25 heavy (non-hydrogen) atoms. The number of benzene rings is 2. The number of nitro benzene ring substituents is 1. The Labute approximate surface area is 156 Å². The van der Waals surface area contributed by atoms with Crippen molar-refractivity contribution in [2.75, 3.05) is 11.9 Å². The van der Waals surface area contributed by atoms with Gasteiger partial charge in [0.15, 0.2) is 0 Å². The van der Waals surface area contributed by atoms with E-state index in [1.807, 2.05) is 6.92 Å². The molecule has 0 spiro atoms. The first-order valence-electron chi connectivity index (χ1n) is 7.05. The lowest BCUT2D eigenvalue weighted by molar-refractivity contribution is -0.384. The molecule has 0 radical (unpaired) electrons. The van der Waals surface area contributed by atoms with E-state index in [1.54, 1.807) is 18.2 Å². The van der Waals surface area contributed by atoms with Crippen LogP contribution in [0.3, 0.4) is 0 Å². The molecule has 0 aliphatic rings. The molecule has 0 aliphatic carbocycles. The second kappa shape index (κ2) is 8.09. The molecule has 2 aromatic rings. The van der Waals surface area contributed by atoms with E-state index in [9.17, 15) is 19.7 Å². The first-order valence-corrected chi connectivity index (χ1v) is 8.22. The van der Waals surface area contributed by atoms with Gasteiger partial charge in [0, 0.05) is 32.9 Å². The van der Waals surface area contributed by atoms with E-state index >= 15 is 0 Å². The lowest BCUT2D eigenvalue weighted by atomic mass is 10.2. The van der Waals surface area contributed by atoms with E-state index < -0.39 is 16.7 Å². The zero-order valence-corrected chi connectivity index (χ0v) is 15.3. The molecule has 0 bridgehead atoms. The summed E-state index contributed by atoms with van der Waals surface area (Å²) in [5, 5.41) is 15.9. The van der Waals surface area contributed by atoms with Crippen molar-refractivity contribution in [1.82, 2.24) is 5.32 Å². The predicted octanol–water partition coefficient (Wildman–Crippen LogP) is 3.69. The van der Waals surface area contributed by atoms with Crippen LogP contribution in [0.2, 0.25) is 5.02 Å². The van der Waals surface area contributed by atoms with Crippen molar-refractivity contribution in [3.8, 4) is 0 Å². The zero-order valence-electron chi connectivity index (χ0n) is 13.0. The number of hydrogen-bond donors (Lipinski definition) is 2. The molecule has 0 unspecified atom stereocenters. The minimum atomic E-state index is -0.648. The summed E-state index contributed by atoms with van der Waals surface area (Å²) in [6.45, 7) is 1.60. The van der Waals surface area contributed by atoms with E-state index in [2.05, 4.69) is 26.6 Å². The molecule has 0 heterocycles. The summed E-state index contributed by atoms with van der Waals surface area (Å²) < 4.78 is 0.918. The molecular weight excluding hydrogens is 414 g/mol. The maximum Gasteiger partial charge on any atom is 0.271 e. The van der Waals surface area contributed by atoms with Crippen molar-refractivity contribution >= 4 is 50.7 Å². The number of nitro groups is 1. The molecule has 7 nitrogen and oxygen atoms in total. The SMILES string of the molecule is Cc1cc(NC(=O)CNC(=O)c2cc(Cl)cc([N+](=O)[O-])c2)ccc1Br. The number of carbonyl (C=O) groups excluding carboxylic acids is 2. The summed E-state index contributed by atoms with van der Waals surface area (Å²) in [6.07, 6.45) is 0. The Kier molecular flexibility index (Phi) is 6.11. The lowest BCUT2D eigenvalue weighted by Crippen LogP contribution is -2.32. The Hall–Kier alpha value is -2.45. The van der Waals surface area contributed by atoms with Crippen molar-refractivity contribution in [3.63, 3.8) is 0 Å². The molecular formula is C16H13BrClN3O4. The first-order chi connectivity index (χ1) is 11.8. The normalized spacial score (nSPS) is 10.2. The number of anilines is 1. The lowest BCUT2D eigenvalue weighted by Gasteiger charge is -2.08. The van der Waals surface area contributed by atoms with Gasteiger partial charge in [0.2, 0.25) is 5.91 Å². The van der Waals surface area contributed by atoms with Crippen LogP contribution in [0.25, 0.3) is 0 Å². The highest BCUT2D eigenvalue weighted by Gasteiger charge is 2.15. The maximum atomic E-state index is 12.0. The smallest absolute Gasteiger partial charge is 0.271 e. The Bertz CT molecular complexity index is 857. The van der Waals surface area contributed by atoms with Crippen LogP contribution in [-0.4, -0.2) is 23.3 Å². The molecule has 9 heteroatoms. The fraction of sp³-hybridized carbons (Fsp3) is 0.125. The van der Waals surface area contributed by atoms with Crippen LogP contribution >= 0.6 is 27.5 Å². The first kappa shape index (κ1) is 18.9. The van der Waals surface area contributed by atoms with Crippen molar-refractivity contribution in [2.24, 2.45) is 0 Å². The second-order valence-corrected chi connectivity index (χ2v) is 6.44. The molecule has 2 rings (SSSR count). The Morgan fingerprint density at radius 3 is 2.60 bits per heavy atom. The predicted molar refractivity (Wildman–Crippen MR) is 97.9 cm³/mol. The van der Waals surface area contributed by atoms with Crippen molar-refractivity contribution in [1.29, 1.82) is 0 Å². The number of carbonyl (C=O) groups is 2. The van der Waals surface area contributed by atoms with Gasteiger partial charge in [-0.05, 0) is 36.8 Å². The number of amides is 2. The van der Waals surface area contributed by atoms with Crippen LogP contribution in [0, 0.1) is 17.0 Å². The molecule has 0 atom stereocenters. The molecule has 2 amide bonds. The van der Waals surface area contributed by atoms with Crippen molar-refractivity contribution in [3.05, 3.63) is 67.1 Å². The largest absolute Gasteiger partial charge is 0.343 e.